The number of amides is 1. The molecule has 0 bridgehead atoms. The largest absolute Gasteiger partial charge is 0.349 e. The van der Waals surface area contributed by atoms with E-state index < -0.39 is 5.41 Å². The highest BCUT2D eigenvalue weighted by Gasteiger charge is 2.33. The Labute approximate surface area is 136 Å². The summed E-state index contributed by atoms with van der Waals surface area (Å²) >= 11 is 0. The van der Waals surface area contributed by atoms with E-state index in [0.717, 1.165) is 0 Å². The summed E-state index contributed by atoms with van der Waals surface area (Å²) in [7, 11) is 0. The van der Waals surface area contributed by atoms with Crippen molar-refractivity contribution in [3.63, 3.8) is 0 Å². The first-order valence-electron chi connectivity index (χ1n) is 8.18. The Bertz CT molecular complexity index is 382. The fraction of sp³-hybridized carbons (Fsp3) is 0.833. The van der Waals surface area contributed by atoms with Crippen molar-refractivity contribution in [2.24, 2.45) is 16.7 Å². The second kappa shape index (κ2) is 9.75. The molecule has 0 aromatic carbocycles. The minimum absolute atomic E-state index is 0.0280. The van der Waals surface area contributed by atoms with Crippen LogP contribution in [0.4, 0.5) is 0 Å². The molecule has 130 valence electrons. The molecule has 0 spiro atoms. The Morgan fingerprint density at radius 3 is 1.82 bits per heavy atom. The summed E-state index contributed by atoms with van der Waals surface area (Å²) in [5.74, 6) is -0.0514. The Kier molecular flexibility index (Phi) is 10.2. The van der Waals surface area contributed by atoms with Gasteiger partial charge in [-0.15, -0.1) is 0 Å². The molecular weight excluding hydrogens is 278 g/mol. The third-order valence-corrected chi connectivity index (χ3v) is 3.62. The van der Waals surface area contributed by atoms with Gasteiger partial charge in [-0.3, -0.25) is 14.4 Å². The Balaban J connectivity index is 0. The normalized spacial score (nSPS) is 11.5. The lowest BCUT2D eigenvalue weighted by Crippen LogP contribution is -2.36. The average Bonchev–Trinajstić information content (AvgIpc) is 2.35. The van der Waals surface area contributed by atoms with Gasteiger partial charge in [-0.25, -0.2) is 0 Å². The second-order valence-corrected chi connectivity index (χ2v) is 7.36. The van der Waals surface area contributed by atoms with E-state index in [-0.39, 0.29) is 35.4 Å². The van der Waals surface area contributed by atoms with E-state index in [1.807, 2.05) is 55.4 Å². The number of rotatable bonds is 8. The fourth-order valence-corrected chi connectivity index (χ4v) is 2.27. The number of carbonyl (C=O) groups excluding carboxylic acids is 3. The zero-order valence-electron chi connectivity index (χ0n) is 15.9. The Morgan fingerprint density at radius 2 is 1.45 bits per heavy atom. The standard InChI is InChI=1S/C16H29NO3.C2H6/c1-11(2)13(19)9-17-14(20)8-15(4,5)10-16(6,7)12(3)18;1-2/h11H,8-10H2,1-7H3,(H,17,20);1-2H3. The number of carbonyl (C=O) groups is 3. The lowest BCUT2D eigenvalue weighted by molar-refractivity contribution is -0.130. The second-order valence-electron chi connectivity index (χ2n) is 7.36. The third kappa shape index (κ3) is 9.69. The molecule has 0 rings (SSSR count). The molecular formula is C18H35NO3. The summed E-state index contributed by atoms with van der Waals surface area (Å²) in [5.41, 5.74) is -0.711. The van der Waals surface area contributed by atoms with E-state index in [4.69, 9.17) is 0 Å². The molecule has 4 heteroatoms. The van der Waals surface area contributed by atoms with Crippen molar-refractivity contribution in [1.29, 1.82) is 0 Å². The smallest absolute Gasteiger partial charge is 0.220 e. The molecule has 0 saturated heterocycles. The first-order chi connectivity index (χ1) is 9.87. The first kappa shape index (κ1) is 23.1. The van der Waals surface area contributed by atoms with E-state index in [1.54, 1.807) is 6.92 Å². The molecule has 4 nitrogen and oxygen atoms in total. The van der Waals surface area contributed by atoms with E-state index in [2.05, 4.69) is 5.32 Å². The lowest BCUT2D eigenvalue weighted by Gasteiger charge is -2.32. The predicted octanol–water partition coefficient (Wildman–Crippen LogP) is 3.78. The van der Waals surface area contributed by atoms with Gasteiger partial charge in [0.2, 0.25) is 5.91 Å². The van der Waals surface area contributed by atoms with Gasteiger partial charge in [0.25, 0.3) is 0 Å². The summed E-state index contributed by atoms with van der Waals surface area (Å²) < 4.78 is 0. The highest BCUT2D eigenvalue weighted by molar-refractivity contribution is 5.87. The van der Waals surface area contributed by atoms with Crippen LogP contribution in [-0.2, 0) is 14.4 Å². The van der Waals surface area contributed by atoms with Gasteiger partial charge in [-0.2, -0.15) is 0 Å². The summed E-state index contributed by atoms with van der Waals surface area (Å²) in [6.45, 7) is 17.0. The van der Waals surface area contributed by atoms with E-state index in [1.165, 1.54) is 0 Å². The van der Waals surface area contributed by atoms with Gasteiger partial charge < -0.3 is 5.32 Å². The molecule has 0 heterocycles. The third-order valence-electron chi connectivity index (χ3n) is 3.62. The van der Waals surface area contributed by atoms with Crippen LogP contribution in [-0.4, -0.2) is 24.0 Å². The van der Waals surface area contributed by atoms with Gasteiger partial charge in [0.05, 0.1) is 6.54 Å². The molecule has 0 aromatic heterocycles. The molecule has 0 aromatic rings. The van der Waals surface area contributed by atoms with E-state index in [9.17, 15) is 14.4 Å². The average molecular weight is 313 g/mol. The molecule has 0 atom stereocenters. The van der Waals surface area contributed by atoms with Crippen LogP contribution in [0.3, 0.4) is 0 Å². The van der Waals surface area contributed by atoms with Crippen molar-refractivity contribution >= 4 is 17.5 Å². The van der Waals surface area contributed by atoms with Crippen molar-refractivity contribution in [3.05, 3.63) is 0 Å². The number of hydrogen-bond donors (Lipinski definition) is 1. The first-order valence-corrected chi connectivity index (χ1v) is 8.18. The van der Waals surface area contributed by atoms with E-state index >= 15 is 0 Å². The van der Waals surface area contributed by atoms with Crippen molar-refractivity contribution in [2.45, 2.75) is 75.2 Å². The maximum Gasteiger partial charge on any atom is 0.220 e. The molecule has 0 unspecified atom stereocenters. The van der Waals surface area contributed by atoms with Crippen LogP contribution in [0.15, 0.2) is 0 Å². The lowest BCUT2D eigenvalue weighted by atomic mass is 9.71. The van der Waals surface area contributed by atoms with Crippen LogP contribution in [0.5, 0.6) is 0 Å². The minimum atomic E-state index is -0.433. The summed E-state index contributed by atoms with van der Waals surface area (Å²) in [6.07, 6.45) is 0.954. The van der Waals surface area contributed by atoms with Gasteiger partial charge >= 0.3 is 0 Å². The van der Waals surface area contributed by atoms with Crippen LogP contribution < -0.4 is 5.32 Å². The van der Waals surface area contributed by atoms with Gasteiger partial charge in [-0.1, -0.05) is 55.4 Å². The maximum absolute atomic E-state index is 11.9. The molecule has 22 heavy (non-hydrogen) atoms. The molecule has 0 aliphatic carbocycles. The molecule has 0 aliphatic rings. The van der Waals surface area contributed by atoms with Gasteiger partial charge in [0.1, 0.15) is 5.78 Å². The van der Waals surface area contributed by atoms with E-state index in [0.29, 0.717) is 12.8 Å². The predicted molar refractivity (Wildman–Crippen MR) is 91.7 cm³/mol. The van der Waals surface area contributed by atoms with Crippen molar-refractivity contribution in [2.75, 3.05) is 6.54 Å². The number of Topliss-reactive ketones (excluding diaryl/α,β-unsaturated/α-hetero) is 2. The molecule has 0 saturated carbocycles. The highest BCUT2D eigenvalue weighted by Crippen LogP contribution is 2.36. The quantitative estimate of drug-likeness (QED) is 0.742. The van der Waals surface area contributed by atoms with Gasteiger partial charge in [-0.05, 0) is 18.8 Å². The zero-order valence-corrected chi connectivity index (χ0v) is 15.9. The summed E-state index contributed by atoms with van der Waals surface area (Å²) in [5, 5.41) is 2.66. The van der Waals surface area contributed by atoms with Crippen LogP contribution >= 0.6 is 0 Å². The van der Waals surface area contributed by atoms with Gasteiger partial charge in [0, 0.05) is 17.8 Å². The van der Waals surface area contributed by atoms with Crippen molar-refractivity contribution in [1.82, 2.24) is 5.32 Å². The highest BCUT2D eigenvalue weighted by atomic mass is 16.2. The van der Waals surface area contributed by atoms with Crippen LogP contribution in [0.2, 0.25) is 0 Å². The molecule has 1 amide bonds. The maximum atomic E-state index is 11.9. The summed E-state index contributed by atoms with van der Waals surface area (Å²) in [4.78, 5) is 34.9. The topological polar surface area (TPSA) is 63.2 Å². The fourth-order valence-electron chi connectivity index (χ4n) is 2.27. The number of nitrogens with one attached hydrogen (secondary N) is 1. The van der Waals surface area contributed by atoms with Crippen LogP contribution in [0, 0.1) is 16.7 Å². The summed E-state index contributed by atoms with van der Waals surface area (Å²) in [6, 6.07) is 0. The minimum Gasteiger partial charge on any atom is -0.349 e. The SMILES string of the molecule is CC.CC(=O)C(C)(C)CC(C)(C)CC(=O)NCC(=O)C(C)C. The number of ketones is 2. The molecule has 0 fully saturated rings. The van der Waals surface area contributed by atoms with Crippen LogP contribution in [0.1, 0.15) is 75.2 Å². The van der Waals surface area contributed by atoms with Crippen molar-refractivity contribution < 1.29 is 14.4 Å². The van der Waals surface area contributed by atoms with Gasteiger partial charge in [0.15, 0.2) is 5.78 Å². The monoisotopic (exact) mass is 313 g/mol. The molecule has 0 radical (unpaired) electrons. The molecule has 1 N–H and O–H groups in total. The van der Waals surface area contributed by atoms with Crippen LogP contribution in [0.25, 0.3) is 0 Å². The molecule has 0 aliphatic heterocycles. The van der Waals surface area contributed by atoms with Crippen molar-refractivity contribution in [3.8, 4) is 0 Å². The number of hydrogen-bond acceptors (Lipinski definition) is 3. The Hall–Kier alpha value is -1.19. The Morgan fingerprint density at radius 1 is 1.00 bits per heavy atom. The zero-order chi connectivity index (χ0) is 18.1.